The zero-order chi connectivity index (χ0) is 30.7. The Morgan fingerprint density at radius 2 is 1.63 bits per heavy atom. The topological polar surface area (TPSA) is 86.8 Å². The van der Waals surface area contributed by atoms with E-state index in [1.54, 1.807) is 17.0 Å². The van der Waals surface area contributed by atoms with Gasteiger partial charge in [0.15, 0.2) is 0 Å². The van der Waals surface area contributed by atoms with E-state index in [-0.39, 0.29) is 22.3 Å². The van der Waals surface area contributed by atoms with E-state index >= 15 is 0 Å². The van der Waals surface area contributed by atoms with Crippen molar-refractivity contribution in [1.29, 1.82) is 0 Å². The van der Waals surface area contributed by atoms with Crippen LogP contribution >= 0.6 is 0 Å². The van der Waals surface area contributed by atoms with Crippen molar-refractivity contribution in [3.05, 3.63) is 89.2 Å². The van der Waals surface area contributed by atoms with Crippen LogP contribution in [0, 0.1) is 11.7 Å². The van der Waals surface area contributed by atoms with E-state index < -0.39 is 44.9 Å². The van der Waals surface area contributed by atoms with E-state index in [1.165, 1.54) is 35.5 Å². The molecule has 3 aliphatic rings. The summed E-state index contributed by atoms with van der Waals surface area (Å²) in [5, 5.41) is 2.69. The van der Waals surface area contributed by atoms with Gasteiger partial charge in [0.2, 0.25) is 5.91 Å². The normalized spacial score (nSPS) is 19.8. The van der Waals surface area contributed by atoms with E-state index in [1.807, 2.05) is 0 Å². The number of sulfonamides is 1. The Balaban J connectivity index is 1.43. The molecule has 1 saturated heterocycles. The number of hydrogen-bond donors (Lipinski definition) is 1. The van der Waals surface area contributed by atoms with Crippen LogP contribution in [-0.2, 0) is 26.4 Å². The minimum absolute atomic E-state index is 0.0503. The molecule has 1 N–H and O–H groups in total. The molecule has 0 aromatic heterocycles. The fraction of sp³-hybridized carbons (Fsp3) is 0.355. The molecule has 2 amide bonds. The summed E-state index contributed by atoms with van der Waals surface area (Å²) >= 11 is 0. The van der Waals surface area contributed by atoms with Crippen LogP contribution in [0.1, 0.15) is 54.1 Å². The molecule has 3 aromatic carbocycles. The zero-order valence-corrected chi connectivity index (χ0v) is 24.0. The number of piperidine rings is 1. The summed E-state index contributed by atoms with van der Waals surface area (Å²) in [6.45, 7) is 2.33. The minimum atomic E-state index is -4.61. The van der Waals surface area contributed by atoms with Gasteiger partial charge in [0.1, 0.15) is 5.82 Å². The van der Waals surface area contributed by atoms with Crippen LogP contribution in [0.3, 0.4) is 0 Å². The fourth-order valence-electron chi connectivity index (χ4n) is 6.62. The van der Waals surface area contributed by atoms with Crippen molar-refractivity contribution >= 4 is 33.2 Å². The van der Waals surface area contributed by atoms with Crippen LogP contribution in [0.2, 0.25) is 0 Å². The van der Waals surface area contributed by atoms with Gasteiger partial charge in [-0.1, -0.05) is 6.07 Å². The van der Waals surface area contributed by atoms with Crippen molar-refractivity contribution in [3.8, 4) is 0 Å². The average molecular weight is 616 g/mol. The lowest BCUT2D eigenvalue weighted by Gasteiger charge is -2.45. The summed E-state index contributed by atoms with van der Waals surface area (Å²) in [5.74, 6) is -1.31. The number of nitrogens with zero attached hydrogens (tertiary/aromatic N) is 2. The molecular formula is C31H29F4N3O4S. The van der Waals surface area contributed by atoms with Gasteiger partial charge in [-0.05, 0) is 97.8 Å². The molecule has 1 spiro atoms. The van der Waals surface area contributed by atoms with Gasteiger partial charge in [-0.25, -0.2) is 12.8 Å². The molecule has 12 heteroatoms. The van der Waals surface area contributed by atoms with Crippen LogP contribution in [0.15, 0.2) is 71.6 Å². The van der Waals surface area contributed by atoms with Crippen LogP contribution in [0.25, 0.3) is 0 Å². The predicted molar refractivity (Wildman–Crippen MR) is 152 cm³/mol. The lowest BCUT2D eigenvalue weighted by atomic mass is 9.68. The van der Waals surface area contributed by atoms with Crippen molar-refractivity contribution < 1.29 is 35.6 Å². The smallest absolute Gasteiger partial charge is 0.343 e. The quantitative estimate of drug-likeness (QED) is 0.359. The van der Waals surface area contributed by atoms with E-state index in [9.17, 15) is 35.6 Å². The fourth-order valence-corrected chi connectivity index (χ4v) is 8.42. The maximum Gasteiger partial charge on any atom is 0.416 e. The van der Waals surface area contributed by atoms with Gasteiger partial charge in [0, 0.05) is 36.7 Å². The lowest BCUT2D eigenvalue weighted by Crippen LogP contribution is -2.54. The van der Waals surface area contributed by atoms with E-state index in [4.69, 9.17) is 0 Å². The number of carbonyl (C=O) groups excluding carboxylic acids is 2. The molecule has 43 heavy (non-hydrogen) atoms. The molecule has 0 bridgehead atoms. The highest BCUT2D eigenvalue weighted by atomic mass is 32.2. The standard InChI is InChI=1S/C31H29F4N3O4S/c1-19(39)37-15-13-30(14-16-37)26-18-24(36-29(40)21-3-2-4-22(17-21)31(33,34)35)9-12-27(26)38(28(30)20-5-6-20)43(41,42)25-10-7-23(32)8-11-25/h2-4,7-12,17-18,20,28H,5-6,13-16H2,1H3,(H,36,40). The van der Waals surface area contributed by atoms with Crippen molar-refractivity contribution in [2.45, 2.75) is 55.1 Å². The first-order valence-electron chi connectivity index (χ1n) is 14.0. The highest BCUT2D eigenvalue weighted by molar-refractivity contribution is 7.92. The van der Waals surface area contributed by atoms with Crippen LogP contribution in [-0.4, -0.2) is 44.3 Å². The van der Waals surface area contributed by atoms with Gasteiger partial charge in [0.05, 0.1) is 22.2 Å². The van der Waals surface area contributed by atoms with E-state index in [0.717, 1.165) is 43.2 Å². The number of amides is 2. The molecule has 0 radical (unpaired) electrons. The highest BCUT2D eigenvalue weighted by Crippen LogP contribution is 2.59. The number of alkyl halides is 3. The number of carbonyl (C=O) groups is 2. The number of halogens is 4. The van der Waals surface area contributed by atoms with Crippen molar-refractivity contribution in [1.82, 2.24) is 4.90 Å². The Labute approximate surface area is 246 Å². The average Bonchev–Trinajstić information content (AvgIpc) is 3.77. The number of hydrogen-bond acceptors (Lipinski definition) is 4. The second-order valence-corrected chi connectivity index (χ2v) is 13.3. The summed E-state index contributed by atoms with van der Waals surface area (Å²) in [6, 6.07) is 13.2. The summed E-state index contributed by atoms with van der Waals surface area (Å²) in [4.78, 5) is 26.9. The van der Waals surface area contributed by atoms with Crippen LogP contribution in [0.5, 0.6) is 0 Å². The zero-order valence-electron chi connectivity index (χ0n) is 23.2. The lowest BCUT2D eigenvalue weighted by molar-refractivity contribution is -0.137. The van der Waals surface area contributed by atoms with Crippen molar-refractivity contribution in [2.75, 3.05) is 22.7 Å². The van der Waals surface area contributed by atoms with Gasteiger partial charge in [-0.15, -0.1) is 0 Å². The predicted octanol–water partition coefficient (Wildman–Crippen LogP) is 5.96. The van der Waals surface area contributed by atoms with E-state index in [0.29, 0.717) is 42.9 Å². The summed E-state index contributed by atoms with van der Waals surface area (Å²) in [6.07, 6.45) is -1.98. The summed E-state index contributed by atoms with van der Waals surface area (Å²) < 4.78 is 83.3. The van der Waals surface area contributed by atoms with Crippen molar-refractivity contribution in [3.63, 3.8) is 0 Å². The molecule has 1 atom stereocenters. The third-order valence-electron chi connectivity index (χ3n) is 8.84. The van der Waals surface area contributed by atoms with Crippen LogP contribution in [0.4, 0.5) is 28.9 Å². The highest BCUT2D eigenvalue weighted by Gasteiger charge is 2.60. The molecule has 3 aromatic rings. The molecule has 1 unspecified atom stereocenters. The Bertz CT molecular complexity index is 1700. The number of rotatable bonds is 5. The second kappa shape index (κ2) is 10.4. The Morgan fingerprint density at radius 1 is 0.953 bits per heavy atom. The maximum atomic E-state index is 14.2. The van der Waals surface area contributed by atoms with Crippen LogP contribution < -0.4 is 9.62 Å². The first kappa shape index (κ1) is 29.2. The molecule has 2 fully saturated rings. The molecule has 2 aliphatic heterocycles. The van der Waals surface area contributed by atoms with Crippen molar-refractivity contribution in [2.24, 2.45) is 5.92 Å². The number of anilines is 2. The number of nitrogens with one attached hydrogen (secondary N) is 1. The molecule has 2 heterocycles. The first-order chi connectivity index (χ1) is 20.3. The third-order valence-corrected chi connectivity index (χ3v) is 10.6. The molecule has 6 rings (SSSR count). The number of fused-ring (bicyclic) bond motifs is 2. The summed E-state index contributed by atoms with van der Waals surface area (Å²) in [5.41, 5.74) is -0.345. The molecule has 1 aliphatic carbocycles. The number of benzene rings is 3. The largest absolute Gasteiger partial charge is 0.416 e. The van der Waals surface area contributed by atoms with Gasteiger partial charge < -0.3 is 10.2 Å². The Hall–Kier alpha value is -3.93. The second-order valence-electron chi connectivity index (χ2n) is 11.5. The summed E-state index contributed by atoms with van der Waals surface area (Å²) in [7, 11) is -4.13. The molecule has 1 saturated carbocycles. The third kappa shape index (κ3) is 5.15. The van der Waals surface area contributed by atoms with Gasteiger partial charge in [0.25, 0.3) is 15.9 Å². The molecule has 7 nitrogen and oxygen atoms in total. The minimum Gasteiger partial charge on any atom is -0.343 e. The van der Waals surface area contributed by atoms with Gasteiger partial charge in [-0.2, -0.15) is 13.2 Å². The monoisotopic (exact) mass is 615 g/mol. The first-order valence-corrected chi connectivity index (χ1v) is 15.4. The molecular weight excluding hydrogens is 586 g/mol. The van der Waals surface area contributed by atoms with Gasteiger partial charge >= 0.3 is 6.18 Å². The molecule has 226 valence electrons. The maximum absolute atomic E-state index is 14.2. The Morgan fingerprint density at radius 3 is 2.23 bits per heavy atom. The SMILES string of the molecule is CC(=O)N1CCC2(CC1)c1cc(NC(=O)c3cccc(C(F)(F)F)c3)ccc1N(S(=O)(=O)c1ccc(F)cc1)C2C1CC1. The number of likely N-dealkylation sites (tertiary alicyclic amines) is 1. The van der Waals surface area contributed by atoms with E-state index in [2.05, 4.69) is 5.32 Å². The van der Waals surface area contributed by atoms with Gasteiger partial charge in [-0.3, -0.25) is 13.9 Å². The Kier molecular flexibility index (Phi) is 7.02.